The predicted octanol–water partition coefficient (Wildman–Crippen LogP) is 0.500. The molecule has 0 N–H and O–H groups in total. The van der Waals surface area contributed by atoms with Crippen LogP contribution in [-0.2, 0) is 14.8 Å². The van der Waals surface area contributed by atoms with E-state index in [-0.39, 0.29) is 21.9 Å². The molecule has 1 aliphatic rings. The van der Waals surface area contributed by atoms with E-state index in [0.29, 0.717) is 13.1 Å². The molecular weight excluding hydrogens is 314 g/mol. The first-order valence-corrected chi connectivity index (χ1v) is 8.79. The van der Waals surface area contributed by atoms with Gasteiger partial charge in [0.1, 0.15) is 0 Å². The van der Waals surface area contributed by atoms with Crippen molar-refractivity contribution in [2.24, 2.45) is 5.92 Å². The number of carbonyl (C=O) groups excluding carboxylic acids is 1. The van der Waals surface area contributed by atoms with E-state index in [1.807, 2.05) is 25.9 Å². The first-order valence-electron chi connectivity index (χ1n) is 6.47. The number of thiazole rings is 1. The van der Waals surface area contributed by atoms with Gasteiger partial charge >= 0.3 is 5.97 Å². The standard InChI is InChI=1S/C12H19N3O4S2/c1-8-5-15(6-9(8)14(2)3)21(17,18)12-10(11(16)19-4)13-7-20-12/h7-9H,5-6H2,1-4H3. The Kier molecular flexibility index (Phi) is 4.66. The number of rotatable bonds is 4. The molecule has 1 aromatic rings. The Bertz CT molecular complexity index is 626. The van der Waals surface area contributed by atoms with E-state index in [0.717, 1.165) is 11.3 Å². The fourth-order valence-electron chi connectivity index (χ4n) is 2.54. The van der Waals surface area contributed by atoms with Crippen molar-refractivity contribution in [3.63, 3.8) is 0 Å². The van der Waals surface area contributed by atoms with Crippen LogP contribution in [0.5, 0.6) is 0 Å². The van der Waals surface area contributed by atoms with Crippen molar-refractivity contribution in [2.75, 3.05) is 34.3 Å². The third-order valence-electron chi connectivity index (χ3n) is 3.69. The molecule has 0 aliphatic carbocycles. The number of likely N-dealkylation sites (N-methyl/N-ethyl adjacent to an activating group) is 1. The summed E-state index contributed by atoms with van der Waals surface area (Å²) in [6.45, 7) is 2.87. The smallest absolute Gasteiger partial charge is 0.358 e. The zero-order valence-corrected chi connectivity index (χ0v) is 14.1. The van der Waals surface area contributed by atoms with Crippen molar-refractivity contribution in [3.05, 3.63) is 11.2 Å². The summed E-state index contributed by atoms with van der Waals surface area (Å²) in [4.78, 5) is 17.5. The molecule has 1 aromatic heterocycles. The third kappa shape index (κ3) is 2.96. The van der Waals surface area contributed by atoms with E-state index >= 15 is 0 Å². The van der Waals surface area contributed by atoms with Gasteiger partial charge in [-0.25, -0.2) is 18.2 Å². The number of sulfonamides is 1. The Morgan fingerprint density at radius 1 is 1.48 bits per heavy atom. The number of hydrogen-bond acceptors (Lipinski definition) is 7. The molecule has 0 amide bonds. The van der Waals surface area contributed by atoms with Crippen molar-refractivity contribution in [2.45, 2.75) is 17.2 Å². The Hall–Kier alpha value is -1.03. The number of hydrogen-bond donors (Lipinski definition) is 0. The molecule has 118 valence electrons. The minimum absolute atomic E-state index is 0.0408. The molecule has 0 saturated carbocycles. The van der Waals surface area contributed by atoms with E-state index in [9.17, 15) is 13.2 Å². The van der Waals surface area contributed by atoms with Gasteiger partial charge in [-0.2, -0.15) is 4.31 Å². The maximum Gasteiger partial charge on any atom is 0.358 e. The lowest BCUT2D eigenvalue weighted by atomic mass is 10.1. The second-order valence-corrected chi connectivity index (χ2v) is 8.30. The topological polar surface area (TPSA) is 79.8 Å². The molecule has 0 radical (unpaired) electrons. The average Bonchev–Trinajstić information content (AvgIpc) is 3.04. The van der Waals surface area contributed by atoms with Gasteiger partial charge in [-0.3, -0.25) is 0 Å². The summed E-state index contributed by atoms with van der Waals surface area (Å²) in [7, 11) is 1.36. The number of aromatic nitrogens is 1. The molecule has 2 rings (SSSR count). The second-order valence-electron chi connectivity index (χ2n) is 5.31. The normalized spacial score (nSPS) is 23.7. The zero-order chi connectivity index (χ0) is 15.8. The van der Waals surface area contributed by atoms with E-state index < -0.39 is 16.0 Å². The molecule has 1 saturated heterocycles. The lowest BCUT2D eigenvalue weighted by Gasteiger charge is -2.22. The van der Waals surface area contributed by atoms with Gasteiger partial charge in [0.05, 0.1) is 12.6 Å². The van der Waals surface area contributed by atoms with Crippen LogP contribution in [0.4, 0.5) is 0 Å². The molecule has 2 atom stereocenters. The van der Waals surface area contributed by atoms with Crippen LogP contribution in [-0.4, -0.2) is 68.9 Å². The molecule has 1 fully saturated rings. The summed E-state index contributed by atoms with van der Waals surface area (Å²) in [5.41, 5.74) is 1.21. The lowest BCUT2D eigenvalue weighted by molar-refractivity contribution is 0.0590. The van der Waals surface area contributed by atoms with Crippen LogP contribution in [0, 0.1) is 5.92 Å². The van der Waals surface area contributed by atoms with E-state index in [1.165, 1.54) is 16.9 Å². The van der Waals surface area contributed by atoms with Crippen LogP contribution in [0.25, 0.3) is 0 Å². The predicted molar refractivity (Wildman–Crippen MR) is 78.9 cm³/mol. The molecule has 2 unspecified atom stereocenters. The number of ether oxygens (including phenoxy) is 1. The van der Waals surface area contributed by atoms with Crippen LogP contribution in [0.2, 0.25) is 0 Å². The largest absolute Gasteiger partial charge is 0.464 e. The highest BCUT2D eigenvalue weighted by Crippen LogP contribution is 2.30. The first-order chi connectivity index (χ1) is 9.78. The van der Waals surface area contributed by atoms with Crippen LogP contribution in [0.15, 0.2) is 9.72 Å². The highest BCUT2D eigenvalue weighted by Gasteiger charge is 2.40. The minimum Gasteiger partial charge on any atom is -0.464 e. The fraction of sp³-hybridized carbons (Fsp3) is 0.667. The Morgan fingerprint density at radius 3 is 2.67 bits per heavy atom. The van der Waals surface area contributed by atoms with Gasteiger partial charge in [-0.15, -0.1) is 11.3 Å². The van der Waals surface area contributed by atoms with Gasteiger partial charge in [-0.1, -0.05) is 6.92 Å². The van der Waals surface area contributed by atoms with E-state index in [4.69, 9.17) is 0 Å². The SMILES string of the molecule is COC(=O)c1ncsc1S(=O)(=O)N1CC(C)C(N(C)C)C1. The molecule has 7 nitrogen and oxygen atoms in total. The van der Waals surface area contributed by atoms with Crippen molar-refractivity contribution in [3.8, 4) is 0 Å². The summed E-state index contributed by atoms with van der Waals surface area (Å²) in [6, 6.07) is 0.161. The monoisotopic (exact) mass is 333 g/mol. The highest BCUT2D eigenvalue weighted by atomic mass is 32.2. The minimum atomic E-state index is -3.72. The van der Waals surface area contributed by atoms with Crippen LogP contribution >= 0.6 is 11.3 Å². The molecule has 0 bridgehead atoms. The fourth-order valence-corrected chi connectivity index (χ4v) is 5.37. The Morgan fingerprint density at radius 2 is 2.14 bits per heavy atom. The molecule has 0 aromatic carbocycles. The summed E-state index contributed by atoms with van der Waals surface area (Å²) in [5, 5.41) is 0. The first kappa shape index (κ1) is 16.3. The maximum absolute atomic E-state index is 12.7. The maximum atomic E-state index is 12.7. The third-order valence-corrected chi connectivity index (χ3v) is 6.87. The molecule has 1 aliphatic heterocycles. The summed E-state index contributed by atoms with van der Waals surface area (Å²) in [6.07, 6.45) is 0. The molecule has 21 heavy (non-hydrogen) atoms. The van der Waals surface area contributed by atoms with Crippen molar-refractivity contribution < 1.29 is 17.9 Å². The molecule has 9 heteroatoms. The van der Waals surface area contributed by atoms with Crippen molar-refractivity contribution in [1.82, 2.24) is 14.2 Å². The lowest BCUT2D eigenvalue weighted by Crippen LogP contribution is -2.36. The van der Waals surface area contributed by atoms with Gasteiger partial charge in [0, 0.05) is 19.1 Å². The summed E-state index contributed by atoms with van der Waals surface area (Å²) in [5.74, 6) is -0.504. The number of esters is 1. The quantitative estimate of drug-likeness (QED) is 0.747. The van der Waals surface area contributed by atoms with Gasteiger partial charge in [0.25, 0.3) is 10.0 Å². The average molecular weight is 333 g/mol. The van der Waals surface area contributed by atoms with Crippen molar-refractivity contribution in [1.29, 1.82) is 0 Å². The van der Waals surface area contributed by atoms with Gasteiger partial charge in [-0.05, 0) is 20.0 Å². The highest BCUT2D eigenvalue weighted by molar-refractivity contribution is 7.91. The zero-order valence-electron chi connectivity index (χ0n) is 12.4. The van der Waals surface area contributed by atoms with Gasteiger partial charge < -0.3 is 9.64 Å². The second kappa shape index (κ2) is 5.99. The van der Waals surface area contributed by atoms with Crippen molar-refractivity contribution >= 4 is 27.3 Å². The van der Waals surface area contributed by atoms with Crippen LogP contribution in [0.3, 0.4) is 0 Å². The van der Waals surface area contributed by atoms with E-state index in [1.54, 1.807) is 0 Å². The number of carbonyl (C=O) groups is 1. The van der Waals surface area contributed by atoms with Crippen LogP contribution in [0.1, 0.15) is 17.4 Å². The molecule has 2 heterocycles. The number of nitrogens with zero attached hydrogens (tertiary/aromatic N) is 3. The summed E-state index contributed by atoms with van der Waals surface area (Å²) >= 11 is 0.943. The number of methoxy groups -OCH3 is 1. The Balaban J connectivity index is 2.32. The summed E-state index contributed by atoms with van der Waals surface area (Å²) < 4.78 is 31.4. The van der Waals surface area contributed by atoms with Crippen LogP contribution < -0.4 is 0 Å². The van der Waals surface area contributed by atoms with Gasteiger partial charge in [0.15, 0.2) is 9.90 Å². The molecule has 0 spiro atoms. The Labute approximate surface area is 128 Å². The molecular formula is C12H19N3O4S2. The van der Waals surface area contributed by atoms with E-state index in [2.05, 4.69) is 9.72 Å². The van der Waals surface area contributed by atoms with Gasteiger partial charge in [0.2, 0.25) is 0 Å².